The first kappa shape index (κ1) is 11.0. The van der Waals surface area contributed by atoms with Gasteiger partial charge >= 0.3 is 6.18 Å². The Balaban J connectivity index is 2.94. The van der Waals surface area contributed by atoms with Crippen LogP contribution in [0.3, 0.4) is 0 Å². The van der Waals surface area contributed by atoms with Gasteiger partial charge < -0.3 is 5.11 Å². The summed E-state index contributed by atoms with van der Waals surface area (Å²) in [5, 5.41) is 12.3. The molecule has 0 saturated carbocycles. The predicted molar refractivity (Wildman–Crippen MR) is 43.6 cm³/mol. The van der Waals surface area contributed by atoms with E-state index in [9.17, 15) is 13.2 Å². The molecule has 0 fully saturated rings. The van der Waals surface area contributed by atoms with Gasteiger partial charge in [0.1, 0.15) is 0 Å². The van der Waals surface area contributed by atoms with E-state index in [1.807, 2.05) is 0 Å². The molecule has 1 atom stereocenters. The standard InChI is InChI=1S/C8H11F3N2O/c1-5(14)3-6-4-7(8(9,10)11)12-13(6)2/h4-5,14H,3H2,1-2H3. The Morgan fingerprint density at radius 2 is 2.14 bits per heavy atom. The van der Waals surface area contributed by atoms with Gasteiger partial charge in [0.25, 0.3) is 0 Å². The summed E-state index contributed by atoms with van der Waals surface area (Å²) in [4.78, 5) is 0. The second-order valence-electron chi connectivity index (χ2n) is 3.20. The van der Waals surface area contributed by atoms with Gasteiger partial charge in [0.15, 0.2) is 5.69 Å². The van der Waals surface area contributed by atoms with E-state index in [-0.39, 0.29) is 6.42 Å². The summed E-state index contributed by atoms with van der Waals surface area (Å²) in [6.45, 7) is 1.51. The van der Waals surface area contributed by atoms with Crippen molar-refractivity contribution in [1.82, 2.24) is 9.78 Å². The quantitative estimate of drug-likeness (QED) is 0.796. The molecule has 0 aliphatic heterocycles. The van der Waals surface area contributed by atoms with E-state index in [2.05, 4.69) is 5.10 Å². The maximum absolute atomic E-state index is 12.2. The maximum atomic E-state index is 12.2. The SMILES string of the molecule is CC(O)Cc1cc(C(F)(F)F)nn1C. The Bertz CT molecular complexity index is 317. The summed E-state index contributed by atoms with van der Waals surface area (Å²) in [7, 11) is 1.42. The smallest absolute Gasteiger partial charge is 0.393 e. The molecule has 0 amide bonds. The molecule has 1 rings (SSSR count). The molecule has 0 aliphatic rings. The lowest BCUT2D eigenvalue weighted by atomic mass is 10.2. The third-order valence-electron chi connectivity index (χ3n) is 1.77. The third kappa shape index (κ3) is 2.47. The highest BCUT2D eigenvalue weighted by atomic mass is 19.4. The van der Waals surface area contributed by atoms with E-state index in [1.165, 1.54) is 14.0 Å². The number of aliphatic hydroxyl groups excluding tert-OH is 1. The Morgan fingerprint density at radius 3 is 2.50 bits per heavy atom. The Morgan fingerprint density at radius 1 is 1.57 bits per heavy atom. The van der Waals surface area contributed by atoms with E-state index in [1.54, 1.807) is 0 Å². The van der Waals surface area contributed by atoms with Crippen LogP contribution in [0, 0.1) is 0 Å². The van der Waals surface area contributed by atoms with E-state index >= 15 is 0 Å². The topological polar surface area (TPSA) is 38.1 Å². The van der Waals surface area contributed by atoms with E-state index in [0.717, 1.165) is 10.7 Å². The first-order valence-electron chi connectivity index (χ1n) is 4.09. The van der Waals surface area contributed by atoms with Gasteiger partial charge in [-0.05, 0) is 13.0 Å². The second-order valence-corrected chi connectivity index (χ2v) is 3.20. The fourth-order valence-electron chi connectivity index (χ4n) is 1.14. The van der Waals surface area contributed by atoms with Gasteiger partial charge in [0.2, 0.25) is 0 Å². The molecule has 1 N–H and O–H groups in total. The summed E-state index contributed by atoms with van der Waals surface area (Å²) in [5.41, 5.74) is -0.553. The molecule has 3 nitrogen and oxygen atoms in total. The highest BCUT2D eigenvalue weighted by Gasteiger charge is 2.34. The minimum Gasteiger partial charge on any atom is -0.393 e. The molecule has 0 spiro atoms. The van der Waals surface area contributed by atoms with Crippen LogP contribution in [0.15, 0.2) is 6.07 Å². The van der Waals surface area contributed by atoms with Crippen LogP contribution >= 0.6 is 0 Å². The minimum absolute atomic E-state index is 0.166. The molecule has 0 aromatic carbocycles. The lowest BCUT2D eigenvalue weighted by Crippen LogP contribution is -2.08. The van der Waals surface area contributed by atoms with Crippen molar-refractivity contribution in [3.8, 4) is 0 Å². The van der Waals surface area contributed by atoms with Crippen molar-refractivity contribution in [1.29, 1.82) is 0 Å². The Hall–Kier alpha value is -1.04. The number of hydrogen-bond acceptors (Lipinski definition) is 2. The van der Waals surface area contributed by atoms with Gasteiger partial charge in [-0.3, -0.25) is 4.68 Å². The summed E-state index contributed by atoms with van der Waals surface area (Å²) in [6.07, 6.45) is -4.93. The molecular formula is C8H11F3N2O. The van der Waals surface area contributed by atoms with Crippen molar-refractivity contribution >= 4 is 0 Å². The molecule has 6 heteroatoms. The predicted octanol–water partition coefficient (Wildman–Crippen LogP) is 1.36. The molecule has 1 aromatic heterocycles. The van der Waals surface area contributed by atoms with Crippen LogP contribution in [0.5, 0.6) is 0 Å². The zero-order valence-corrected chi connectivity index (χ0v) is 7.84. The van der Waals surface area contributed by atoms with Gasteiger partial charge in [-0.25, -0.2) is 0 Å². The average molecular weight is 208 g/mol. The molecule has 14 heavy (non-hydrogen) atoms. The number of aryl methyl sites for hydroxylation is 1. The zero-order valence-electron chi connectivity index (χ0n) is 7.84. The van der Waals surface area contributed by atoms with Crippen LogP contribution in [-0.2, 0) is 19.6 Å². The van der Waals surface area contributed by atoms with Gasteiger partial charge in [0, 0.05) is 19.2 Å². The Labute approximate surface area is 79.2 Å². The molecule has 1 aromatic rings. The van der Waals surface area contributed by atoms with Crippen LogP contribution in [0.1, 0.15) is 18.3 Å². The van der Waals surface area contributed by atoms with Crippen LogP contribution < -0.4 is 0 Å². The van der Waals surface area contributed by atoms with E-state index in [4.69, 9.17) is 5.11 Å². The van der Waals surface area contributed by atoms with Crippen molar-refractivity contribution in [2.45, 2.75) is 25.6 Å². The number of halogens is 3. The van der Waals surface area contributed by atoms with Crippen LogP contribution in [-0.4, -0.2) is 21.0 Å². The van der Waals surface area contributed by atoms with Crippen LogP contribution in [0.4, 0.5) is 13.2 Å². The summed E-state index contributed by atoms with van der Waals surface area (Å²) in [5.74, 6) is 0. The summed E-state index contributed by atoms with van der Waals surface area (Å²) >= 11 is 0. The highest BCUT2D eigenvalue weighted by molar-refractivity contribution is 5.13. The van der Waals surface area contributed by atoms with Gasteiger partial charge in [0.05, 0.1) is 6.10 Å². The number of rotatable bonds is 2. The Kier molecular flexibility index (Phi) is 2.84. The lowest BCUT2D eigenvalue weighted by Gasteiger charge is -2.02. The normalized spacial score (nSPS) is 14.4. The summed E-state index contributed by atoms with van der Waals surface area (Å²) in [6, 6.07) is 0.951. The average Bonchev–Trinajstić information content (AvgIpc) is 2.30. The number of aromatic nitrogens is 2. The second kappa shape index (κ2) is 3.61. The van der Waals surface area contributed by atoms with Crippen molar-refractivity contribution in [2.75, 3.05) is 0 Å². The van der Waals surface area contributed by atoms with Crippen LogP contribution in [0.25, 0.3) is 0 Å². The van der Waals surface area contributed by atoms with Crippen molar-refractivity contribution < 1.29 is 18.3 Å². The van der Waals surface area contributed by atoms with E-state index in [0.29, 0.717) is 5.69 Å². The van der Waals surface area contributed by atoms with Crippen LogP contribution in [0.2, 0.25) is 0 Å². The molecule has 0 radical (unpaired) electrons. The number of alkyl halides is 3. The largest absolute Gasteiger partial charge is 0.435 e. The van der Waals surface area contributed by atoms with Gasteiger partial charge in [-0.15, -0.1) is 0 Å². The molecule has 1 unspecified atom stereocenters. The van der Waals surface area contributed by atoms with Gasteiger partial charge in [-0.1, -0.05) is 0 Å². The van der Waals surface area contributed by atoms with Crippen molar-refractivity contribution in [3.63, 3.8) is 0 Å². The molecule has 0 aliphatic carbocycles. The third-order valence-corrected chi connectivity index (χ3v) is 1.77. The molecule has 80 valence electrons. The number of hydrogen-bond donors (Lipinski definition) is 1. The number of aliphatic hydroxyl groups is 1. The first-order valence-corrected chi connectivity index (χ1v) is 4.09. The van der Waals surface area contributed by atoms with E-state index < -0.39 is 18.0 Å². The van der Waals surface area contributed by atoms with Crippen molar-refractivity contribution in [2.24, 2.45) is 7.05 Å². The first-order chi connectivity index (χ1) is 6.30. The molecule has 0 bridgehead atoms. The fourth-order valence-corrected chi connectivity index (χ4v) is 1.14. The molecular weight excluding hydrogens is 197 g/mol. The highest BCUT2D eigenvalue weighted by Crippen LogP contribution is 2.28. The lowest BCUT2D eigenvalue weighted by molar-refractivity contribution is -0.141. The summed E-state index contributed by atoms with van der Waals surface area (Å²) < 4.78 is 37.7. The number of nitrogens with zero attached hydrogens (tertiary/aromatic N) is 2. The molecule has 0 saturated heterocycles. The molecule has 1 heterocycles. The van der Waals surface area contributed by atoms with Crippen molar-refractivity contribution in [3.05, 3.63) is 17.5 Å². The zero-order chi connectivity index (χ0) is 10.9. The van der Waals surface area contributed by atoms with Gasteiger partial charge in [-0.2, -0.15) is 18.3 Å². The fraction of sp³-hybridized carbons (Fsp3) is 0.625. The minimum atomic E-state index is -4.42. The maximum Gasteiger partial charge on any atom is 0.435 e. The monoisotopic (exact) mass is 208 g/mol.